The van der Waals surface area contributed by atoms with Gasteiger partial charge in [-0.1, -0.05) is 26.7 Å². The van der Waals surface area contributed by atoms with E-state index in [1.165, 1.54) is 12.8 Å². The molecular formula is C12H24N2OS. The Bertz CT molecular complexity index is 235. The van der Waals surface area contributed by atoms with Crippen LogP contribution in [0.25, 0.3) is 0 Å². The predicted octanol–water partition coefficient (Wildman–Crippen LogP) is 1.76. The van der Waals surface area contributed by atoms with E-state index in [2.05, 4.69) is 18.5 Å². The monoisotopic (exact) mass is 244 g/mol. The normalized spacial score (nSPS) is 28.8. The number of nitrogens with one attached hydrogen (secondary N) is 1. The van der Waals surface area contributed by atoms with Gasteiger partial charge in [0.1, 0.15) is 0 Å². The molecule has 0 saturated heterocycles. The first-order valence-electron chi connectivity index (χ1n) is 6.18. The Morgan fingerprint density at radius 3 is 2.81 bits per heavy atom. The summed E-state index contributed by atoms with van der Waals surface area (Å²) < 4.78 is 0. The lowest BCUT2D eigenvalue weighted by Crippen LogP contribution is -2.49. The Balaban J connectivity index is 2.44. The topological polar surface area (TPSA) is 55.1 Å². The fraction of sp³-hybridized carbons (Fsp3) is 0.917. The highest BCUT2D eigenvalue weighted by molar-refractivity contribution is 7.99. The van der Waals surface area contributed by atoms with Crippen LogP contribution in [0.2, 0.25) is 0 Å². The molecule has 0 aromatic heterocycles. The molecule has 4 atom stereocenters. The number of hydrogen-bond donors (Lipinski definition) is 2. The summed E-state index contributed by atoms with van der Waals surface area (Å²) in [6.07, 6.45) is 6.60. The lowest BCUT2D eigenvalue weighted by Gasteiger charge is -2.23. The van der Waals surface area contributed by atoms with Crippen molar-refractivity contribution >= 4 is 17.7 Å². The van der Waals surface area contributed by atoms with Crippen molar-refractivity contribution in [3.63, 3.8) is 0 Å². The smallest absolute Gasteiger partial charge is 0.237 e. The molecule has 2 unspecified atom stereocenters. The van der Waals surface area contributed by atoms with Crippen LogP contribution in [0.4, 0.5) is 0 Å². The van der Waals surface area contributed by atoms with Gasteiger partial charge in [-0.25, -0.2) is 0 Å². The summed E-state index contributed by atoms with van der Waals surface area (Å²) in [5.41, 5.74) is 5.92. The molecule has 0 aliphatic heterocycles. The summed E-state index contributed by atoms with van der Waals surface area (Å²) in [6, 6.07) is -0.0225. The van der Waals surface area contributed by atoms with Gasteiger partial charge in [0.05, 0.1) is 6.04 Å². The van der Waals surface area contributed by atoms with E-state index in [1.54, 1.807) is 0 Å². The number of rotatable bonds is 5. The Labute approximate surface area is 103 Å². The zero-order valence-corrected chi connectivity index (χ0v) is 11.3. The minimum Gasteiger partial charge on any atom is -0.351 e. The number of thioether (sulfide) groups is 1. The third kappa shape index (κ3) is 3.39. The minimum absolute atomic E-state index is 0.0281. The van der Waals surface area contributed by atoms with E-state index < -0.39 is 0 Å². The van der Waals surface area contributed by atoms with Crippen molar-refractivity contribution in [1.29, 1.82) is 0 Å². The third-order valence-corrected chi connectivity index (χ3v) is 4.81. The zero-order valence-electron chi connectivity index (χ0n) is 10.5. The molecule has 1 amide bonds. The predicted molar refractivity (Wildman–Crippen MR) is 70.5 cm³/mol. The second-order valence-electron chi connectivity index (χ2n) is 4.73. The number of hydrogen-bond acceptors (Lipinski definition) is 3. The van der Waals surface area contributed by atoms with Crippen LogP contribution >= 0.6 is 11.8 Å². The first kappa shape index (κ1) is 13.8. The number of carbonyl (C=O) groups excluding carboxylic acids is 1. The molecule has 1 fully saturated rings. The van der Waals surface area contributed by atoms with Gasteiger partial charge in [-0.2, -0.15) is 11.8 Å². The molecule has 4 heteroatoms. The van der Waals surface area contributed by atoms with Crippen molar-refractivity contribution in [3.8, 4) is 0 Å². The third-order valence-electron chi connectivity index (χ3n) is 3.64. The average molecular weight is 244 g/mol. The zero-order chi connectivity index (χ0) is 12.1. The van der Waals surface area contributed by atoms with E-state index in [0.717, 1.165) is 12.8 Å². The van der Waals surface area contributed by atoms with E-state index in [4.69, 9.17) is 5.73 Å². The van der Waals surface area contributed by atoms with Crippen molar-refractivity contribution in [2.24, 2.45) is 11.7 Å². The Morgan fingerprint density at radius 1 is 1.56 bits per heavy atom. The Hall–Kier alpha value is -0.220. The van der Waals surface area contributed by atoms with Crippen molar-refractivity contribution in [1.82, 2.24) is 5.32 Å². The Morgan fingerprint density at radius 2 is 2.25 bits per heavy atom. The first-order valence-corrected chi connectivity index (χ1v) is 7.47. The SMILES string of the molecule is CC[C@H](C)[C@H](N)C(=O)NC1CCCC1SC. The van der Waals surface area contributed by atoms with E-state index in [1.807, 2.05) is 18.7 Å². The molecule has 0 radical (unpaired) electrons. The highest BCUT2D eigenvalue weighted by atomic mass is 32.2. The van der Waals surface area contributed by atoms with Crippen LogP contribution in [0.15, 0.2) is 0 Å². The molecule has 94 valence electrons. The van der Waals surface area contributed by atoms with Crippen molar-refractivity contribution in [2.75, 3.05) is 6.26 Å². The maximum Gasteiger partial charge on any atom is 0.237 e. The number of carbonyl (C=O) groups is 1. The largest absolute Gasteiger partial charge is 0.351 e. The molecule has 3 nitrogen and oxygen atoms in total. The van der Waals surface area contributed by atoms with Gasteiger partial charge in [-0.05, 0) is 25.0 Å². The van der Waals surface area contributed by atoms with Gasteiger partial charge >= 0.3 is 0 Å². The van der Waals surface area contributed by atoms with Crippen LogP contribution in [0.1, 0.15) is 39.5 Å². The van der Waals surface area contributed by atoms with E-state index in [0.29, 0.717) is 11.3 Å². The van der Waals surface area contributed by atoms with Gasteiger partial charge in [0.15, 0.2) is 0 Å². The molecule has 0 spiro atoms. The van der Waals surface area contributed by atoms with Crippen LogP contribution in [-0.4, -0.2) is 29.5 Å². The van der Waals surface area contributed by atoms with Crippen LogP contribution in [0, 0.1) is 5.92 Å². The van der Waals surface area contributed by atoms with Gasteiger partial charge in [0.2, 0.25) is 5.91 Å². The fourth-order valence-corrected chi connectivity index (χ4v) is 3.10. The van der Waals surface area contributed by atoms with Crippen molar-refractivity contribution in [2.45, 2.75) is 56.9 Å². The molecule has 1 saturated carbocycles. The van der Waals surface area contributed by atoms with Gasteiger partial charge in [-0.15, -0.1) is 0 Å². The van der Waals surface area contributed by atoms with Crippen LogP contribution < -0.4 is 11.1 Å². The molecule has 1 aliphatic rings. The molecule has 1 rings (SSSR count). The van der Waals surface area contributed by atoms with Gasteiger partial charge in [0.25, 0.3) is 0 Å². The number of nitrogens with two attached hydrogens (primary N) is 1. The van der Waals surface area contributed by atoms with E-state index >= 15 is 0 Å². The quantitative estimate of drug-likeness (QED) is 0.775. The summed E-state index contributed by atoms with van der Waals surface area (Å²) >= 11 is 1.85. The second kappa shape index (κ2) is 6.50. The summed E-state index contributed by atoms with van der Waals surface area (Å²) in [7, 11) is 0. The average Bonchev–Trinajstić information content (AvgIpc) is 2.74. The van der Waals surface area contributed by atoms with Crippen LogP contribution in [0.5, 0.6) is 0 Å². The lowest BCUT2D eigenvalue weighted by atomic mass is 9.99. The van der Waals surface area contributed by atoms with Gasteiger partial charge in [0, 0.05) is 11.3 Å². The van der Waals surface area contributed by atoms with E-state index in [-0.39, 0.29) is 17.9 Å². The highest BCUT2D eigenvalue weighted by Crippen LogP contribution is 2.28. The van der Waals surface area contributed by atoms with E-state index in [9.17, 15) is 4.79 Å². The molecule has 1 aliphatic carbocycles. The van der Waals surface area contributed by atoms with Gasteiger partial charge < -0.3 is 11.1 Å². The molecular weight excluding hydrogens is 220 g/mol. The summed E-state index contributed by atoms with van der Waals surface area (Å²) in [5.74, 6) is 0.287. The lowest BCUT2D eigenvalue weighted by molar-refractivity contribution is -0.124. The Kier molecular flexibility index (Phi) is 5.62. The summed E-state index contributed by atoms with van der Waals surface area (Å²) in [5, 5.41) is 3.69. The molecule has 3 N–H and O–H groups in total. The second-order valence-corrected chi connectivity index (χ2v) is 5.81. The molecule has 16 heavy (non-hydrogen) atoms. The fourth-order valence-electron chi connectivity index (χ4n) is 2.16. The maximum absolute atomic E-state index is 11.9. The first-order chi connectivity index (χ1) is 7.60. The number of amides is 1. The molecule has 0 bridgehead atoms. The molecule has 0 aromatic carbocycles. The summed E-state index contributed by atoms with van der Waals surface area (Å²) in [6.45, 7) is 4.10. The summed E-state index contributed by atoms with van der Waals surface area (Å²) in [4.78, 5) is 11.9. The van der Waals surface area contributed by atoms with Crippen LogP contribution in [0.3, 0.4) is 0 Å². The molecule has 0 heterocycles. The van der Waals surface area contributed by atoms with Crippen LogP contribution in [-0.2, 0) is 4.79 Å². The minimum atomic E-state index is -0.354. The van der Waals surface area contributed by atoms with Crippen molar-refractivity contribution in [3.05, 3.63) is 0 Å². The highest BCUT2D eigenvalue weighted by Gasteiger charge is 2.30. The van der Waals surface area contributed by atoms with Crippen molar-refractivity contribution < 1.29 is 4.79 Å². The standard InChI is InChI=1S/C12H24N2OS/c1-4-8(2)11(13)12(15)14-9-6-5-7-10(9)16-3/h8-11H,4-7,13H2,1-3H3,(H,14,15)/t8-,9?,10?,11-/m0/s1. The maximum atomic E-state index is 11.9. The van der Waals surface area contributed by atoms with Gasteiger partial charge in [-0.3, -0.25) is 4.79 Å². The molecule has 0 aromatic rings.